The lowest BCUT2D eigenvalue weighted by Crippen LogP contribution is -2.33. The van der Waals surface area contributed by atoms with E-state index in [4.69, 9.17) is 22.1 Å². The average Bonchev–Trinajstić information content (AvgIpc) is 2.54. The lowest BCUT2D eigenvalue weighted by molar-refractivity contribution is -0.122. The van der Waals surface area contributed by atoms with Gasteiger partial charge in [0.2, 0.25) is 0 Å². The van der Waals surface area contributed by atoms with Gasteiger partial charge in [-0.15, -0.1) is 0 Å². The van der Waals surface area contributed by atoms with E-state index in [0.29, 0.717) is 22.9 Å². The highest BCUT2D eigenvalue weighted by Gasteiger charge is 2.21. The minimum absolute atomic E-state index is 0.244. The van der Waals surface area contributed by atoms with Gasteiger partial charge in [0, 0.05) is 0 Å². The van der Waals surface area contributed by atoms with Crippen LogP contribution in [0.2, 0.25) is 5.02 Å². The van der Waals surface area contributed by atoms with Crippen LogP contribution < -0.4 is 15.8 Å². The van der Waals surface area contributed by atoms with Crippen molar-refractivity contribution >= 4 is 29.1 Å². The zero-order valence-corrected chi connectivity index (χ0v) is 13.3. The number of ether oxygens (including phenoxy) is 1. The van der Waals surface area contributed by atoms with Crippen LogP contribution in [-0.4, -0.2) is 17.9 Å². The molecule has 0 saturated carbocycles. The smallest absolute Gasteiger partial charge is 0.265 e. The summed E-state index contributed by atoms with van der Waals surface area (Å²) in [6.45, 7) is 1.82. The number of amides is 2. The molecule has 0 spiro atoms. The van der Waals surface area contributed by atoms with Crippen molar-refractivity contribution in [1.29, 1.82) is 0 Å². The molecular weight excluding hydrogens is 316 g/mol. The molecule has 0 bridgehead atoms. The van der Waals surface area contributed by atoms with E-state index < -0.39 is 12.0 Å². The largest absolute Gasteiger partial charge is 0.479 e. The monoisotopic (exact) mass is 332 g/mol. The van der Waals surface area contributed by atoms with Crippen molar-refractivity contribution in [1.82, 2.24) is 0 Å². The van der Waals surface area contributed by atoms with Crippen LogP contribution in [0.25, 0.3) is 0 Å². The molecule has 2 amide bonds. The van der Waals surface area contributed by atoms with Gasteiger partial charge < -0.3 is 15.8 Å². The summed E-state index contributed by atoms with van der Waals surface area (Å²) >= 11 is 6.04. The standard InChI is InChI=1S/C17H17ClN2O3/c1-2-14(23-15-10-6-4-8-12(15)18)17(22)20-13-9-5-3-7-11(13)16(19)21/h3-10,14H,2H2,1H3,(H2,19,21)(H,20,22)/t14-/m1/s1. The zero-order valence-electron chi connectivity index (χ0n) is 12.6. The van der Waals surface area contributed by atoms with E-state index in [1.165, 1.54) is 0 Å². The van der Waals surface area contributed by atoms with Crippen molar-refractivity contribution < 1.29 is 14.3 Å². The SMILES string of the molecule is CC[C@@H](Oc1ccccc1Cl)C(=O)Nc1ccccc1C(N)=O. The molecule has 0 heterocycles. The maximum absolute atomic E-state index is 12.4. The van der Waals surface area contributed by atoms with E-state index in [1.807, 2.05) is 6.92 Å². The molecule has 0 saturated heterocycles. The highest BCUT2D eigenvalue weighted by Crippen LogP contribution is 2.25. The number of carbonyl (C=O) groups excluding carboxylic acids is 2. The summed E-state index contributed by atoms with van der Waals surface area (Å²) in [4.78, 5) is 23.8. The normalized spacial score (nSPS) is 11.6. The van der Waals surface area contributed by atoms with Crippen LogP contribution in [-0.2, 0) is 4.79 Å². The molecule has 0 aliphatic rings. The van der Waals surface area contributed by atoms with Crippen molar-refractivity contribution in [2.45, 2.75) is 19.4 Å². The van der Waals surface area contributed by atoms with E-state index in [9.17, 15) is 9.59 Å². The molecule has 2 rings (SSSR count). The summed E-state index contributed by atoms with van der Waals surface area (Å²) in [7, 11) is 0. The lowest BCUT2D eigenvalue weighted by Gasteiger charge is -2.18. The van der Waals surface area contributed by atoms with Crippen LogP contribution in [0.15, 0.2) is 48.5 Å². The van der Waals surface area contributed by atoms with Gasteiger partial charge in [-0.25, -0.2) is 0 Å². The molecule has 0 aliphatic carbocycles. The average molecular weight is 333 g/mol. The Morgan fingerprint density at radius 1 is 1.17 bits per heavy atom. The summed E-state index contributed by atoms with van der Waals surface area (Å²) in [6.07, 6.45) is -0.300. The van der Waals surface area contributed by atoms with Crippen molar-refractivity contribution in [3.05, 3.63) is 59.1 Å². The molecule has 120 valence electrons. The van der Waals surface area contributed by atoms with Crippen molar-refractivity contribution in [2.24, 2.45) is 5.73 Å². The first-order valence-electron chi connectivity index (χ1n) is 7.13. The number of rotatable bonds is 6. The molecule has 5 nitrogen and oxygen atoms in total. The molecule has 3 N–H and O–H groups in total. The van der Waals surface area contributed by atoms with Crippen molar-refractivity contribution in [3.8, 4) is 5.75 Å². The molecule has 0 aliphatic heterocycles. The first-order chi connectivity index (χ1) is 11.0. The summed E-state index contributed by atoms with van der Waals surface area (Å²) in [5.41, 5.74) is 5.90. The molecule has 0 radical (unpaired) electrons. The van der Waals surface area contributed by atoms with Crippen LogP contribution in [0.1, 0.15) is 23.7 Å². The van der Waals surface area contributed by atoms with Gasteiger partial charge in [0.25, 0.3) is 11.8 Å². The van der Waals surface area contributed by atoms with E-state index in [2.05, 4.69) is 5.32 Å². The number of carbonyl (C=O) groups is 2. The summed E-state index contributed by atoms with van der Waals surface area (Å²) < 4.78 is 5.67. The molecule has 2 aromatic rings. The number of nitrogens with two attached hydrogens (primary N) is 1. The minimum atomic E-state index is -0.740. The van der Waals surface area contributed by atoms with Crippen LogP contribution >= 0.6 is 11.6 Å². The number of halogens is 1. The van der Waals surface area contributed by atoms with Gasteiger partial charge in [0.15, 0.2) is 6.10 Å². The first kappa shape index (κ1) is 16.8. The highest BCUT2D eigenvalue weighted by atomic mass is 35.5. The van der Waals surface area contributed by atoms with Crippen LogP contribution in [0, 0.1) is 0 Å². The predicted molar refractivity (Wildman–Crippen MR) is 89.7 cm³/mol. The summed E-state index contributed by atoms with van der Waals surface area (Å²) in [5, 5.41) is 3.10. The van der Waals surface area contributed by atoms with Crippen LogP contribution in [0.4, 0.5) is 5.69 Å². The summed E-state index contributed by atoms with van der Waals surface area (Å²) in [6, 6.07) is 13.5. The van der Waals surface area contributed by atoms with Gasteiger partial charge in [-0.05, 0) is 30.7 Å². The van der Waals surface area contributed by atoms with Gasteiger partial charge in [0.05, 0.1) is 16.3 Å². The molecule has 1 atom stereocenters. The molecule has 23 heavy (non-hydrogen) atoms. The third-order valence-electron chi connectivity index (χ3n) is 3.22. The third-order valence-corrected chi connectivity index (χ3v) is 3.53. The van der Waals surface area contributed by atoms with Crippen LogP contribution in [0.5, 0.6) is 5.75 Å². The Morgan fingerprint density at radius 3 is 2.48 bits per heavy atom. The lowest BCUT2D eigenvalue weighted by atomic mass is 10.1. The Balaban J connectivity index is 2.15. The topological polar surface area (TPSA) is 81.4 Å². The Hall–Kier alpha value is -2.53. The maximum atomic E-state index is 12.4. The van der Waals surface area contributed by atoms with E-state index in [-0.39, 0.29) is 11.5 Å². The fourth-order valence-electron chi connectivity index (χ4n) is 2.04. The fraction of sp³-hybridized carbons (Fsp3) is 0.176. The third kappa shape index (κ3) is 4.23. The van der Waals surface area contributed by atoms with Gasteiger partial charge >= 0.3 is 0 Å². The Morgan fingerprint density at radius 2 is 1.83 bits per heavy atom. The molecule has 6 heteroatoms. The van der Waals surface area contributed by atoms with Crippen molar-refractivity contribution in [3.63, 3.8) is 0 Å². The number of anilines is 1. The first-order valence-corrected chi connectivity index (χ1v) is 7.51. The van der Waals surface area contributed by atoms with Crippen molar-refractivity contribution in [2.75, 3.05) is 5.32 Å². The number of primary amides is 1. The summed E-state index contributed by atoms with van der Waals surface area (Å²) in [5.74, 6) is -0.554. The quantitative estimate of drug-likeness (QED) is 0.852. The number of nitrogens with one attached hydrogen (secondary N) is 1. The van der Waals surface area contributed by atoms with Gasteiger partial charge in [-0.1, -0.05) is 42.8 Å². The number of hydrogen-bond acceptors (Lipinski definition) is 3. The number of para-hydroxylation sites is 2. The van der Waals surface area contributed by atoms with Gasteiger partial charge in [-0.3, -0.25) is 9.59 Å². The molecular formula is C17H17ClN2O3. The van der Waals surface area contributed by atoms with Gasteiger partial charge in [0.1, 0.15) is 5.75 Å². The second-order valence-electron chi connectivity index (χ2n) is 4.84. The van der Waals surface area contributed by atoms with E-state index in [1.54, 1.807) is 48.5 Å². The predicted octanol–water partition coefficient (Wildman–Crippen LogP) is 3.24. The van der Waals surface area contributed by atoms with E-state index >= 15 is 0 Å². The second-order valence-corrected chi connectivity index (χ2v) is 5.25. The Bertz CT molecular complexity index is 718. The fourth-order valence-corrected chi connectivity index (χ4v) is 2.22. The second kappa shape index (κ2) is 7.65. The molecule has 0 unspecified atom stereocenters. The van der Waals surface area contributed by atoms with Gasteiger partial charge in [-0.2, -0.15) is 0 Å². The zero-order chi connectivity index (χ0) is 16.8. The van der Waals surface area contributed by atoms with Crippen LogP contribution in [0.3, 0.4) is 0 Å². The van der Waals surface area contributed by atoms with E-state index in [0.717, 1.165) is 0 Å². The minimum Gasteiger partial charge on any atom is -0.479 e. The molecule has 2 aromatic carbocycles. The highest BCUT2D eigenvalue weighted by molar-refractivity contribution is 6.32. The Kier molecular flexibility index (Phi) is 5.60. The Labute approximate surface area is 139 Å². The maximum Gasteiger partial charge on any atom is 0.265 e. The number of benzene rings is 2. The molecule has 0 aromatic heterocycles. The molecule has 0 fully saturated rings. The number of hydrogen-bond donors (Lipinski definition) is 2.